The lowest BCUT2D eigenvalue weighted by atomic mass is 9.92. The predicted octanol–water partition coefficient (Wildman–Crippen LogP) is 1.32. The van der Waals surface area contributed by atoms with Crippen molar-refractivity contribution in [2.45, 2.75) is 63.9 Å². The van der Waals surface area contributed by atoms with Gasteiger partial charge in [-0.3, -0.25) is 0 Å². The summed E-state index contributed by atoms with van der Waals surface area (Å²) in [5, 5.41) is 13.0. The molecule has 1 fully saturated rings. The van der Waals surface area contributed by atoms with Crippen LogP contribution >= 0.6 is 0 Å². The molecule has 0 saturated heterocycles. The Morgan fingerprint density at radius 2 is 1.94 bits per heavy atom. The molecule has 1 saturated carbocycles. The molecule has 4 nitrogen and oxygen atoms in total. The number of aliphatic hydroxyl groups excluding tert-OH is 1. The highest BCUT2D eigenvalue weighted by Crippen LogP contribution is 2.21. The zero-order chi connectivity index (χ0) is 12.7. The molecule has 1 aliphatic carbocycles. The minimum absolute atomic E-state index is 0.157. The van der Waals surface area contributed by atoms with Crippen molar-refractivity contribution in [2.24, 2.45) is 0 Å². The molecule has 0 aromatic carbocycles. The van der Waals surface area contributed by atoms with Gasteiger partial charge in [0.2, 0.25) is 0 Å². The van der Waals surface area contributed by atoms with Gasteiger partial charge < -0.3 is 19.9 Å². The van der Waals surface area contributed by atoms with Crippen LogP contribution < -0.4 is 5.32 Å². The van der Waals surface area contributed by atoms with Gasteiger partial charge in [0.25, 0.3) is 0 Å². The number of nitrogens with one attached hydrogen (secondary N) is 1. The highest BCUT2D eigenvalue weighted by atomic mass is 16.5. The number of hydrogen-bond acceptors (Lipinski definition) is 4. The van der Waals surface area contributed by atoms with Gasteiger partial charge >= 0.3 is 0 Å². The second-order valence-electron chi connectivity index (χ2n) is 5.09. The average molecular weight is 245 g/mol. The quantitative estimate of drug-likeness (QED) is 0.710. The topological polar surface area (TPSA) is 50.7 Å². The molecule has 0 aliphatic heterocycles. The maximum Gasteiger partial charge on any atom is 0.101 e. The first-order valence-corrected chi connectivity index (χ1v) is 6.72. The Morgan fingerprint density at radius 3 is 2.59 bits per heavy atom. The smallest absolute Gasteiger partial charge is 0.101 e. The minimum atomic E-state index is -0.517. The van der Waals surface area contributed by atoms with Crippen molar-refractivity contribution in [2.75, 3.05) is 20.3 Å². The van der Waals surface area contributed by atoms with Gasteiger partial charge in [0.05, 0.1) is 25.4 Å². The molecule has 0 bridgehead atoms. The molecule has 0 radical (unpaired) electrons. The van der Waals surface area contributed by atoms with Crippen molar-refractivity contribution in [1.82, 2.24) is 5.32 Å². The van der Waals surface area contributed by atoms with Crippen LogP contribution in [0.4, 0.5) is 0 Å². The van der Waals surface area contributed by atoms with Gasteiger partial charge in [0, 0.05) is 6.04 Å². The number of likely N-dealkylation sites (N-methyl/N-ethyl adjacent to an activating group) is 1. The summed E-state index contributed by atoms with van der Waals surface area (Å²) in [6.45, 7) is 4.65. The van der Waals surface area contributed by atoms with Gasteiger partial charge in [-0.1, -0.05) is 12.8 Å². The van der Waals surface area contributed by atoms with Gasteiger partial charge in [0.15, 0.2) is 0 Å². The highest BCUT2D eigenvalue weighted by Gasteiger charge is 2.24. The normalized spacial score (nSPS) is 27.4. The van der Waals surface area contributed by atoms with Crippen LogP contribution in [0.25, 0.3) is 0 Å². The first kappa shape index (κ1) is 14.9. The SMILES string of the molecule is CNC1CCCCC1OCC(O)COC(C)C. The zero-order valence-corrected chi connectivity index (χ0v) is 11.3. The summed E-state index contributed by atoms with van der Waals surface area (Å²) >= 11 is 0. The molecular weight excluding hydrogens is 218 g/mol. The molecule has 3 unspecified atom stereocenters. The summed E-state index contributed by atoms with van der Waals surface area (Å²) in [5.74, 6) is 0. The van der Waals surface area contributed by atoms with Crippen molar-refractivity contribution in [3.63, 3.8) is 0 Å². The average Bonchev–Trinajstić information content (AvgIpc) is 2.34. The maximum absolute atomic E-state index is 9.72. The highest BCUT2D eigenvalue weighted by molar-refractivity contribution is 4.80. The Kier molecular flexibility index (Phi) is 7.04. The van der Waals surface area contributed by atoms with Crippen molar-refractivity contribution in [3.8, 4) is 0 Å². The third-order valence-electron chi connectivity index (χ3n) is 3.20. The Balaban J connectivity index is 2.19. The van der Waals surface area contributed by atoms with E-state index >= 15 is 0 Å². The largest absolute Gasteiger partial charge is 0.388 e. The third kappa shape index (κ3) is 5.82. The van der Waals surface area contributed by atoms with Gasteiger partial charge in [-0.25, -0.2) is 0 Å². The van der Waals surface area contributed by atoms with Crippen LogP contribution in [0.15, 0.2) is 0 Å². The van der Waals surface area contributed by atoms with E-state index in [4.69, 9.17) is 9.47 Å². The van der Waals surface area contributed by atoms with E-state index < -0.39 is 6.10 Å². The maximum atomic E-state index is 9.72. The van der Waals surface area contributed by atoms with E-state index in [0.29, 0.717) is 19.3 Å². The van der Waals surface area contributed by atoms with Gasteiger partial charge in [-0.2, -0.15) is 0 Å². The van der Waals surface area contributed by atoms with Crippen LogP contribution in [0.5, 0.6) is 0 Å². The second kappa shape index (κ2) is 8.03. The van der Waals surface area contributed by atoms with E-state index in [1.54, 1.807) is 0 Å². The predicted molar refractivity (Wildman–Crippen MR) is 68.2 cm³/mol. The lowest BCUT2D eigenvalue weighted by Crippen LogP contribution is -2.43. The Bertz CT molecular complexity index is 199. The van der Waals surface area contributed by atoms with Crippen molar-refractivity contribution in [3.05, 3.63) is 0 Å². The Hall–Kier alpha value is -0.160. The van der Waals surface area contributed by atoms with Crippen molar-refractivity contribution >= 4 is 0 Å². The molecule has 4 heteroatoms. The van der Waals surface area contributed by atoms with E-state index in [1.807, 2.05) is 20.9 Å². The number of ether oxygens (including phenoxy) is 2. The van der Waals surface area contributed by atoms with E-state index in [0.717, 1.165) is 6.42 Å². The van der Waals surface area contributed by atoms with Crippen LogP contribution in [0.3, 0.4) is 0 Å². The van der Waals surface area contributed by atoms with E-state index in [9.17, 15) is 5.11 Å². The second-order valence-corrected chi connectivity index (χ2v) is 5.09. The van der Waals surface area contributed by atoms with Gasteiger partial charge in [-0.05, 0) is 33.7 Å². The van der Waals surface area contributed by atoms with Gasteiger partial charge in [-0.15, -0.1) is 0 Å². The summed E-state index contributed by atoms with van der Waals surface area (Å²) in [6, 6.07) is 0.432. The lowest BCUT2D eigenvalue weighted by Gasteiger charge is -2.31. The summed E-state index contributed by atoms with van der Waals surface area (Å²) in [4.78, 5) is 0. The lowest BCUT2D eigenvalue weighted by molar-refractivity contribution is -0.0697. The molecule has 0 spiro atoms. The minimum Gasteiger partial charge on any atom is -0.388 e. The molecule has 102 valence electrons. The number of hydrogen-bond donors (Lipinski definition) is 2. The molecule has 0 aromatic heterocycles. The standard InChI is InChI=1S/C13H27NO3/c1-10(2)16-8-11(15)9-17-13-7-5-4-6-12(13)14-3/h10-15H,4-9H2,1-3H3. The fourth-order valence-corrected chi connectivity index (χ4v) is 2.21. The molecule has 0 amide bonds. The monoisotopic (exact) mass is 245 g/mol. The van der Waals surface area contributed by atoms with Crippen LogP contribution in [-0.2, 0) is 9.47 Å². The molecular formula is C13H27NO3. The molecule has 3 atom stereocenters. The van der Waals surface area contributed by atoms with Crippen molar-refractivity contribution < 1.29 is 14.6 Å². The molecule has 1 aliphatic rings. The summed E-state index contributed by atoms with van der Waals surface area (Å²) < 4.78 is 11.1. The van der Waals surface area contributed by atoms with Gasteiger partial charge in [0.1, 0.15) is 6.10 Å². The fraction of sp³-hybridized carbons (Fsp3) is 1.00. The molecule has 0 aromatic rings. The zero-order valence-electron chi connectivity index (χ0n) is 11.3. The Morgan fingerprint density at radius 1 is 1.24 bits per heavy atom. The summed E-state index contributed by atoms with van der Waals surface area (Å²) in [5.41, 5.74) is 0. The Labute approximate surface area is 105 Å². The third-order valence-corrected chi connectivity index (χ3v) is 3.20. The van der Waals surface area contributed by atoms with Crippen molar-refractivity contribution in [1.29, 1.82) is 0 Å². The molecule has 1 rings (SSSR count). The van der Waals surface area contributed by atoms with Crippen LogP contribution in [0.1, 0.15) is 39.5 Å². The van der Waals surface area contributed by atoms with Crippen LogP contribution in [0.2, 0.25) is 0 Å². The number of rotatable bonds is 7. The summed E-state index contributed by atoms with van der Waals surface area (Å²) in [7, 11) is 1.98. The fourth-order valence-electron chi connectivity index (χ4n) is 2.21. The van der Waals surface area contributed by atoms with E-state index in [2.05, 4.69) is 5.32 Å². The molecule has 17 heavy (non-hydrogen) atoms. The number of aliphatic hydroxyl groups is 1. The van der Waals surface area contributed by atoms with Crippen LogP contribution in [0, 0.1) is 0 Å². The van der Waals surface area contributed by atoms with Crippen LogP contribution in [-0.4, -0.2) is 49.7 Å². The van der Waals surface area contributed by atoms with E-state index in [1.165, 1.54) is 19.3 Å². The first-order valence-electron chi connectivity index (χ1n) is 6.72. The summed E-state index contributed by atoms with van der Waals surface area (Å²) in [6.07, 6.45) is 4.62. The van der Waals surface area contributed by atoms with E-state index in [-0.39, 0.29) is 12.2 Å². The molecule has 0 heterocycles. The molecule has 2 N–H and O–H groups in total. The first-order chi connectivity index (χ1) is 8.13.